The van der Waals surface area contributed by atoms with Crippen LogP contribution in [0.2, 0.25) is 0 Å². The Balaban J connectivity index is 2.30. The smallest absolute Gasteiger partial charge is 0.000775 e. The molecule has 2 aliphatic rings. The number of hydrogen-bond donors (Lipinski definition) is 0. The van der Waals surface area contributed by atoms with E-state index in [9.17, 15) is 0 Å². The molecule has 0 bridgehead atoms. The summed E-state index contributed by atoms with van der Waals surface area (Å²) < 4.78 is 0. The fourth-order valence-electron chi connectivity index (χ4n) is 3.34. The van der Waals surface area contributed by atoms with Crippen molar-refractivity contribution in [3.8, 4) is 0 Å². The topological polar surface area (TPSA) is 0 Å². The van der Waals surface area contributed by atoms with Crippen molar-refractivity contribution < 1.29 is 0 Å². The Morgan fingerprint density at radius 3 is 2.40 bits per heavy atom. The molecule has 15 heavy (non-hydrogen) atoms. The highest BCUT2D eigenvalue weighted by atomic mass is 14.4. The lowest BCUT2D eigenvalue weighted by molar-refractivity contribution is 0.409. The SMILES string of the molecule is CC(C)=CC1C2=C(CCC1C)C(C)CC2. The van der Waals surface area contributed by atoms with E-state index >= 15 is 0 Å². The summed E-state index contributed by atoms with van der Waals surface area (Å²) in [6.07, 6.45) is 8.07. The minimum absolute atomic E-state index is 0.767. The van der Waals surface area contributed by atoms with Crippen LogP contribution in [0, 0.1) is 17.8 Å². The van der Waals surface area contributed by atoms with Gasteiger partial charge in [0.05, 0.1) is 0 Å². The molecule has 0 aromatic heterocycles. The quantitative estimate of drug-likeness (QED) is 0.542. The van der Waals surface area contributed by atoms with E-state index in [-0.39, 0.29) is 0 Å². The van der Waals surface area contributed by atoms with E-state index in [2.05, 4.69) is 33.8 Å². The first-order chi connectivity index (χ1) is 7.09. The van der Waals surface area contributed by atoms with Gasteiger partial charge in [-0.05, 0) is 51.4 Å². The number of allylic oxidation sites excluding steroid dienone is 4. The van der Waals surface area contributed by atoms with E-state index in [1.807, 2.05) is 11.1 Å². The van der Waals surface area contributed by atoms with E-state index in [1.54, 1.807) is 0 Å². The van der Waals surface area contributed by atoms with Gasteiger partial charge in [0.2, 0.25) is 0 Å². The molecule has 2 aliphatic carbocycles. The maximum atomic E-state index is 2.51. The molecule has 0 aliphatic heterocycles. The largest absolute Gasteiger partial charge is 0.0798 e. The third-order valence-corrected chi connectivity index (χ3v) is 4.25. The molecule has 0 nitrogen and oxygen atoms in total. The molecule has 2 rings (SSSR count). The van der Waals surface area contributed by atoms with Crippen LogP contribution in [0.4, 0.5) is 0 Å². The van der Waals surface area contributed by atoms with Crippen LogP contribution >= 0.6 is 0 Å². The fraction of sp³-hybridized carbons (Fsp3) is 0.733. The maximum Gasteiger partial charge on any atom is 0.000775 e. The average molecular weight is 204 g/mol. The summed E-state index contributed by atoms with van der Waals surface area (Å²) in [5, 5.41) is 0. The van der Waals surface area contributed by atoms with Crippen LogP contribution in [0.1, 0.15) is 53.4 Å². The molecule has 0 amide bonds. The molecule has 0 aromatic carbocycles. The average Bonchev–Trinajstić information content (AvgIpc) is 2.52. The van der Waals surface area contributed by atoms with Gasteiger partial charge < -0.3 is 0 Å². The predicted octanol–water partition coefficient (Wildman–Crippen LogP) is 4.73. The molecule has 84 valence electrons. The fourth-order valence-corrected chi connectivity index (χ4v) is 3.34. The monoisotopic (exact) mass is 204 g/mol. The van der Waals surface area contributed by atoms with Crippen molar-refractivity contribution >= 4 is 0 Å². The lowest BCUT2D eigenvalue weighted by Gasteiger charge is -2.30. The Labute approximate surface area is 94.5 Å². The predicted molar refractivity (Wildman–Crippen MR) is 66.7 cm³/mol. The highest BCUT2D eigenvalue weighted by Gasteiger charge is 2.32. The van der Waals surface area contributed by atoms with Gasteiger partial charge in [-0.15, -0.1) is 0 Å². The second kappa shape index (κ2) is 4.15. The lowest BCUT2D eigenvalue weighted by atomic mass is 9.75. The van der Waals surface area contributed by atoms with Gasteiger partial charge in [0.25, 0.3) is 0 Å². The van der Waals surface area contributed by atoms with Crippen molar-refractivity contribution in [2.75, 3.05) is 0 Å². The molecule has 0 N–H and O–H groups in total. The molecular weight excluding hydrogens is 180 g/mol. The minimum atomic E-state index is 0.767. The Morgan fingerprint density at radius 2 is 1.73 bits per heavy atom. The van der Waals surface area contributed by atoms with Gasteiger partial charge >= 0.3 is 0 Å². The summed E-state index contributed by atoms with van der Waals surface area (Å²) in [5.41, 5.74) is 5.11. The summed E-state index contributed by atoms with van der Waals surface area (Å²) in [7, 11) is 0. The highest BCUT2D eigenvalue weighted by Crippen LogP contribution is 2.46. The number of rotatable bonds is 1. The van der Waals surface area contributed by atoms with E-state index in [1.165, 1.54) is 31.3 Å². The zero-order valence-electron chi connectivity index (χ0n) is 10.6. The molecular formula is C15H24. The van der Waals surface area contributed by atoms with Crippen LogP contribution in [-0.2, 0) is 0 Å². The Morgan fingerprint density at radius 1 is 1.07 bits per heavy atom. The van der Waals surface area contributed by atoms with Crippen LogP contribution < -0.4 is 0 Å². The normalized spacial score (nSPS) is 35.3. The van der Waals surface area contributed by atoms with Crippen LogP contribution in [0.5, 0.6) is 0 Å². The first kappa shape index (κ1) is 11.0. The standard InChI is InChI=1S/C15H24/c1-10(2)9-15-12(4)5-7-13-11(3)6-8-14(13)15/h9,11-12,15H,5-8H2,1-4H3. The molecule has 0 aromatic rings. The van der Waals surface area contributed by atoms with Crippen molar-refractivity contribution in [1.29, 1.82) is 0 Å². The van der Waals surface area contributed by atoms with E-state index < -0.39 is 0 Å². The van der Waals surface area contributed by atoms with E-state index in [0.29, 0.717) is 0 Å². The van der Waals surface area contributed by atoms with Gasteiger partial charge in [-0.1, -0.05) is 36.6 Å². The van der Waals surface area contributed by atoms with E-state index in [4.69, 9.17) is 0 Å². The second-order valence-electron chi connectivity index (χ2n) is 5.78. The van der Waals surface area contributed by atoms with Gasteiger partial charge in [-0.3, -0.25) is 0 Å². The summed E-state index contributed by atoms with van der Waals surface area (Å²) in [6, 6.07) is 0. The summed E-state index contributed by atoms with van der Waals surface area (Å²) >= 11 is 0. The molecule has 0 saturated carbocycles. The molecule has 0 heteroatoms. The van der Waals surface area contributed by atoms with Gasteiger partial charge in [-0.25, -0.2) is 0 Å². The van der Waals surface area contributed by atoms with Crippen molar-refractivity contribution in [2.45, 2.75) is 53.4 Å². The molecule has 3 atom stereocenters. The lowest BCUT2D eigenvalue weighted by Crippen LogP contribution is -2.18. The maximum absolute atomic E-state index is 2.51. The molecule has 3 unspecified atom stereocenters. The van der Waals surface area contributed by atoms with Crippen molar-refractivity contribution in [3.63, 3.8) is 0 Å². The van der Waals surface area contributed by atoms with Crippen molar-refractivity contribution in [3.05, 3.63) is 22.8 Å². The Hall–Kier alpha value is -0.520. The summed E-state index contributed by atoms with van der Waals surface area (Å²) in [4.78, 5) is 0. The van der Waals surface area contributed by atoms with Crippen LogP contribution in [0.3, 0.4) is 0 Å². The van der Waals surface area contributed by atoms with E-state index in [0.717, 1.165) is 17.8 Å². The number of hydrogen-bond acceptors (Lipinski definition) is 0. The van der Waals surface area contributed by atoms with Gasteiger partial charge in [-0.2, -0.15) is 0 Å². The van der Waals surface area contributed by atoms with Gasteiger partial charge in [0.15, 0.2) is 0 Å². The second-order valence-corrected chi connectivity index (χ2v) is 5.78. The third-order valence-electron chi connectivity index (χ3n) is 4.25. The van der Waals surface area contributed by atoms with Gasteiger partial charge in [0, 0.05) is 5.92 Å². The highest BCUT2D eigenvalue weighted by molar-refractivity contribution is 5.31. The van der Waals surface area contributed by atoms with Crippen LogP contribution in [-0.4, -0.2) is 0 Å². The zero-order chi connectivity index (χ0) is 11.0. The van der Waals surface area contributed by atoms with Crippen molar-refractivity contribution in [1.82, 2.24) is 0 Å². The van der Waals surface area contributed by atoms with Crippen LogP contribution in [0.15, 0.2) is 22.8 Å². The molecule has 0 spiro atoms. The summed E-state index contributed by atoms with van der Waals surface area (Å²) in [6.45, 7) is 9.31. The van der Waals surface area contributed by atoms with Crippen molar-refractivity contribution in [2.24, 2.45) is 17.8 Å². The summed E-state index contributed by atoms with van der Waals surface area (Å²) in [5.74, 6) is 2.51. The molecule has 0 fully saturated rings. The molecule has 0 saturated heterocycles. The minimum Gasteiger partial charge on any atom is -0.0798 e. The van der Waals surface area contributed by atoms with Crippen LogP contribution in [0.25, 0.3) is 0 Å². The zero-order valence-corrected chi connectivity index (χ0v) is 10.6. The molecule has 0 radical (unpaired) electrons. The Bertz CT molecular complexity index is 302. The first-order valence-electron chi connectivity index (χ1n) is 6.46. The third kappa shape index (κ3) is 2.04. The Kier molecular flexibility index (Phi) is 3.04. The molecule has 0 heterocycles. The first-order valence-corrected chi connectivity index (χ1v) is 6.46. The van der Waals surface area contributed by atoms with Gasteiger partial charge in [0.1, 0.15) is 0 Å².